The van der Waals surface area contributed by atoms with Gasteiger partial charge < -0.3 is 4.90 Å². The Bertz CT molecular complexity index is 396. The van der Waals surface area contributed by atoms with Gasteiger partial charge in [-0.05, 0) is 37.5 Å². The second-order valence-corrected chi connectivity index (χ2v) is 4.35. The number of hydrogen-bond acceptors (Lipinski definition) is 1. The van der Waals surface area contributed by atoms with Crippen LogP contribution in [0.5, 0.6) is 0 Å². The number of carbonyl (C=O) groups is 1. The summed E-state index contributed by atoms with van der Waals surface area (Å²) in [5, 5.41) is 0. The molecule has 15 heavy (non-hydrogen) atoms. The van der Waals surface area contributed by atoms with E-state index in [1.54, 1.807) is 0 Å². The van der Waals surface area contributed by atoms with Gasteiger partial charge in [0, 0.05) is 11.7 Å². The summed E-state index contributed by atoms with van der Waals surface area (Å²) in [6, 6.07) is 6.62. The first-order valence-corrected chi connectivity index (χ1v) is 5.57. The first kappa shape index (κ1) is 10.2. The zero-order valence-corrected chi connectivity index (χ0v) is 9.58. The van der Waals surface area contributed by atoms with Gasteiger partial charge in [-0.1, -0.05) is 19.1 Å². The molecule has 0 aliphatic carbocycles. The zero-order chi connectivity index (χ0) is 11.0. The Balaban J connectivity index is 2.43. The van der Waals surface area contributed by atoms with Crippen molar-refractivity contribution in [3.05, 3.63) is 29.3 Å². The summed E-state index contributed by atoms with van der Waals surface area (Å²) in [7, 11) is 0. The van der Waals surface area contributed by atoms with E-state index < -0.39 is 0 Å². The molecule has 0 unspecified atom stereocenters. The van der Waals surface area contributed by atoms with E-state index in [0.29, 0.717) is 6.42 Å². The predicted molar refractivity (Wildman–Crippen MR) is 62.1 cm³/mol. The van der Waals surface area contributed by atoms with Crippen LogP contribution >= 0.6 is 0 Å². The van der Waals surface area contributed by atoms with E-state index in [4.69, 9.17) is 0 Å². The average molecular weight is 203 g/mol. The first-order valence-electron chi connectivity index (χ1n) is 5.57. The number of hydrogen-bond donors (Lipinski definition) is 0. The highest BCUT2D eigenvalue weighted by Crippen LogP contribution is 2.31. The van der Waals surface area contributed by atoms with Crippen molar-refractivity contribution >= 4 is 11.6 Å². The lowest BCUT2D eigenvalue weighted by atomic mass is 10.1. The molecule has 80 valence electrons. The highest BCUT2D eigenvalue weighted by Gasteiger charge is 2.28. The second-order valence-electron chi connectivity index (χ2n) is 4.35. The molecule has 0 saturated carbocycles. The van der Waals surface area contributed by atoms with Crippen LogP contribution in [0.3, 0.4) is 0 Å². The largest absolute Gasteiger partial charge is 0.309 e. The Kier molecular flexibility index (Phi) is 2.51. The molecule has 1 aliphatic heterocycles. The minimum Gasteiger partial charge on any atom is -0.309 e. The SMILES string of the molecule is CCc1ccc2c(c1)CC(=O)N2C(C)C. The molecule has 1 heterocycles. The molecule has 0 spiro atoms. The maximum Gasteiger partial charge on any atom is 0.231 e. The fourth-order valence-corrected chi connectivity index (χ4v) is 2.18. The molecule has 0 radical (unpaired) electrons. The molecule has 1 aromatic rings. The van der Waals surface area contributed by atoms with Crippen molar-refractivity contribution < 1.29 is 4.79 Å². The standard InChI is InChI=1S/C13H17NO/c1-4-10-5-6-12-11(7-10)8-13(15)14(12)9(2)3/h5-7,9H,4,8H2,1-3H3. The molecule has 0 fully saturated rings. The van der Waals surface area contributed by atoms with Gasteiger partial charge in [0.15, 0.2) is 0 Å². The lowest BCUT2D eigenvalue weighted by Crippen LogP contribution is -2.33. The topological polar surface area (TPSA) is 20.3 Å². The predicted octanol–water partition coefficient (Wildman–Crippen LogP) is 2.55. The van der Waals surface area contributed by atoms with Crippen molar-refractivity contribution in [2.75, 3.05) is 4.90 Å². The Morgan fingerprint density at radius 2 is 2.13 bits per heavy atom. The van der Waals surface area contributed by atoms with Crippen molar-refractivity contribution in [2.24, 2.45) is 0 Å². The van der Waals surface area contributed by atoms with Crippen molar-refractivity contribution in [3.8, 4) is 0 Å². The summed E-state index contributed by atoms with van der Waals surface area (Å²) < 4.78 is 0. The summed E-state index contributed by atoms with van der Waals surface area (Å²) in [6.45, 7) is 6.25. The summed E-state index contributed by atoms with van der Waals surface area (Å²) in [5.41, 5.74) is 3.60. The number of aryl methyl sites for hydroxylation is 1. The van der Waals surface area contributed by atoms with E-state index in [0.717, 1.165) is 12.1 Å². The van der Waals surface area contributed by atoms with Crippen LogP contribution in [0.1, 0.15) is 31.9 Å². The quantitative estimate of drug-likeness (QED) is 0.723. The summed E-state index contributed by atoms with van der Waals surface area (Å²) in [4.78, 5) is 13.7. The van der Waals surface area contributed by atoms with Gasteiger partial charge >= 0.3 is 0 Å². The number of rotatable bonds is 2. The maximum atomic E-state index is 11.8. The Labute approximate surface area is 90.9 Å². The lowest BCUT2D eigenvalue weighted by Gasteiger charge is -2.21. The normalized spacial score (nSPS) is 14.9. The van der Waals surface area contributed by atoms with Crippen molar-refractivity contribution in [1.29, 1.82) is 0 Å². The van der Waals surface area contributed by atoms with Crippen LogP contribution in [0.4, 0.5) is 5.69 Å². The molecule has 1 amide bonds. The minimum absolute atomic E-state index is 0.230. The van der Waals surface area contributed by atoms with Gasteiger partial charge in [0.1, 0.15) is 0 Å². The molecule has 0 atom stereocenters. The van der Waals surface area contributed by atoms with Gasteiger partial charge in [-0.15, -0.1) is 0 Å². The highest BCUT2D eigenvalue weighted by atomic mass is 16.2. The van der Waals surface area contributed by atoms with E-state index in [9.17, 15) is 4.79 Å². The van der Waals surface area contributed by atoms with Gasteiger partial charge in [-0.3, -0.25) is 4.79 Å². The minimum atomic E-state index is 0.230. The van der Waals surface area contributed by atoms with E-state index in [-0.39, 0.29) is 11.9 Å². The number of nitrogens with zero attached hydrogens (tertiary/aromatic N) is 1. The van der Waals surface area contributed by atoms with Gasteiger partial charge in [0.2, 0.25) is 5.91 Å². The van der Waals surface area contributed by atoms with Gasteiger partial charge in [-0.25, -0.2) is 0 Å². The van der Waals surface area contributed by atoms with Crippen molar-refractivity contribution in [1.82, 2.24) is 0 Å². The Morgan fingerprint density at radius 3 is 2.73 bits per heavy atom. The second kappa shape index (κ2) is 3.69. The Morgan fingerprint density at radius 1 is 1.40 bits per heavy atom. The fourth-order valence-electron chi connectivity index (χ4n) is 2.18. The molecule has 2 rings (SSSR count). The molecule has 1 aliphatic rings. The average Bonchev–Trinajstić information content (AvgIpc) is 2.52. The molecule has 0 bridgehead atoms. The monoisotopic (exact) mass is 203 g/mol. The van der Waals surface area contributed by atoms with Crippen LogP contribution in [-0.4, -0.2) is 11.9 Å². The zero-order valence-electron chi connectivity index (χ0n) is 9.58. The molecule has 0 aromatic heterocycles. The van der Waals surface area contributed by atoms with Gasteiger partial charge in [-0.2, -0.15) is 0 Å². The smallest absolute Gasteiger partial charge is 0.231 e. The number of benzene rings is 1. The molecular weight excluding hydrogens is 186 g/mol. The van der Waals surface area contributed by atoms with E-state index in [2.05, 4.69) is 39.0 Å². The Hall–Kier alpha value is -1.31. The molecule has 0 N–H and O–H groups in total. The lowest BCUT2D eigenvalue weighted by molar-refractivity contribution is -0.117. The molecule has 1 aromatic carbocycles. The third-order valence-corrected chi connectivity index (χ3v) is 2.94. The van der Waals surface area contributed by atoms with E-state index in [1.165, 1.54) is 11.1 Å². The molecule has 2 heteroatoms. The first-order chi connectivity index (χ1) is 7.13. The van der Waals surface area contributed by atoms with Gasteiger partial charge in [0.25, 0.3) is 0 Å². The fraction of sp³-hybridized carbons (Fsp3) is 0.462. The molecule has 2 nitrogen and oxygen atoms in total. The summed E-state index contributed by atoms with van der Waals surface area (Å²) >= 11 is 0. The van der Waals surface area contributed by atoms with Crippen molar-refractivity contribution in [3.63, 3.8) is 0 Å². The van der Waals surface area contributed by atoms with Crippen LogP contribution in [0.15, 0.2) is 18.2 Å². The number of amides is 1. The third kappa shape index (κ3) is 1.65. The highest BCUT2D eigenvalue weighted by molar-refractivity contribution is 6.01. The molecule has 0 saturated heterocycles. The van der Waals surface area contributed by atoms with Crippen molar-refractivity contribution in [2.45, 2.75) is 39.7 Å². The number of fused-ring (bicyclic) bond motifs is 1. The third-order valence-electron chi connectivity index (χ3n) is 2.94. The van der Waals surface area contributed by atoms with E-state index >= 15 is 0 Å². The number of carbonyl (C=O) groups excluding carboxylic acids is 1. The summed E-state index contributed by atoms with van der Waals surface area (Å²) in [6.07, 6.45) is 1.60. The van der Waals surface area contributed by atoms with Crippen LogP contribution in [0.2, 0.25) is 0 Å². The molecular formula is C13H17NO. The maximum absolute atomic E-state index is 11.8. The van der Waals surface area contributed by atoms with Crippen LogP contribution in [0, 0.1) is 0 Å². The van der Waals surface area contributed by atoms with E-state index in [1.807, 2.05) is 4.90 Å². The number of anilines is 1. The summed E-state index contributed by atoms with van der Waals surface area (Å²) in [5.74, 6) is 0.230. The van der Waals surface area contributed by atoms with Crippen LogP contribution < -0.4 is 4.90 Å². The van der Waals surface area contributed by atoms with Gasteiger partial charge in [0.05, 0.1) is 6.42 Å². The van der Waals surface area contributed by atoms with Crippen LogP contribution in [-0.2, 0) is 17.6 Å². The van der Waals surface area contributed by atoms with Crippen LogP contribution in [0.25, 0.3) is 0 Å².